The Bertz CT molecular complexity index is 940. The first-order valence-corrected chi connectivity index (χ1v) is 9.18. The zero-order chi connectivity index (χ0) is 19.2. The number of carbonyl (C=O) groups excluding carboxylic acids is 1. The average molecular weight is 403 g/mol. The van der Waals surface area contributed by atoms with Gasteiger partial charge in [0.1, 0.15) is 11.6 Å². The van der Waals surface area contributed by atoms with Gasteiger partial charge in [-0.25, -0.2) is 8.78 Å². The molecule has 3 aromatic rings. The van der Waals surface area contributed by atoms with E-state index >= 15 is 0 Å². The van der Waals surface area contributed by atoms with E-state index in [2.05, 4.69) is 16.2 Å². The lowest BCUT2D eigenvalue weighted by Crippen LogP contribution is -2.46. The van der Waals surface area contributed by atoms with Crippen LogP contribution in [-0.2, 0) is 6.54 Å². The fourth-order valence-corrected chi connectivity index (χ4v) is 3.26. The van der Waals surface area contributed by atoms with Crippen molar-refractivity contribution in [1.29, 1.82) is 0 Å². The number of hydrazine groups is 1. The highest BCUT2D eigenvalue weighted by Crippen LogP contribution is 2.28. The number of rotatable bonds is 4. The van der Waals surface area contributed by atoms with Crippen molar-refractivity contribution in [2.75, 3.05) is 0 Å². The zero-order valence-corrected chi connectivity index (χ0v) is 15.6. The van der Waals surface area contributed by atoms with Crippen molar-refractivity contribution >= 4 is 34.6 Å². The number of amides is 1. The summed E-state index contributed by atoms with van der Waals surface area (Å²) in [7, 11) is 0. The minimum absolute atomic E-state index is 0.239. The first kappa shape index (κ1) is 18.9. The molecule has 8 heteroatoms. The number of thiocarbonyl (C=S) groups is 1. The van der Waals surface area contributed by atoms with Crippen LogP contribution >= 0.6 is 23.6 Å². The number of carbonyl (C=O) groups is 1. The Balaban J connectivity index is 1.49. The van der Waals surface area contributed by atoms with E-state index in [1.165, 1.54) is 35.6 Å². The van der Waals surface area contributed by atoms with Crippen LogP contribution in [0.2, 0.25) is 0 Å². The minimum atomic E-state index is -0.334. The third kappa shape index (κ3) is 5.32. The van der Waals surface area contributed by atoms with E-state index in [0.29, 0.717) is 11.4 Å². The Morgan fingerprint density at radius 2 is 1.52 bits per heavy atom. The molecular formula is C19H15F2N3OS2. The highest BCUT2D eigenvalue weighted by Gasteiger charge is 2.10. The summed E-state index contributed by atoms with van der Waals surface area (Å²) >= 11 is 6.39. The average Bonchev–Trinajstić information content (AvgIpc) is 3.16. The van der Waals surface area contributed by atoms with Crippen molar-refractivity contribution < 1.29 is 13.6 Å². The Morgan fingerprint density at radius 3 is 2.19 bits per heavy atom. The molecule has 0 radical (unpaired) electrons. The molecule has 0 aliphatic heterocycles. The van der Waals surface area contributed by atoms with Crippen molar-refractivity contribution in [3.05, 3.63) is 82.7 Å². The normalized spacial score (nSPS) is 10.3. The summed E-state index contributed by atoms with van der Waals surface area (Å²) in [6.45, 7) is 0.399. The van der Waals surface area contributed by atoms with Crippen LogP contribution in [0.15, 0.2) is 60.7 Å². The molecular weight excluding hydrogens is 388 g/mol. The van der Waals surface area contributed by atoms with Gasteiger partial charge in [0.05, 0.1) is 4.88 Å². The van der Waals surface area contributed by atoms with Gasteiger partial charge in [-0.15, -0.1) is 11.3 Å². The van der Waals surface area contributed by atoms with Gasteiger partial charge < -0.3 is 5.32 Å². The maximum atomic E-state index is 13.0. The van der Waals surface area contributed by atoms with E-state index in [0.717, 1.165) is 16.0 Å². The molecule has 0 aliphatic carbocycles. The van der Waals surface area contributed by atoms with Crippen LogP contribution < -0.4 is 16.2 Å². The second kappa shape index (κ2) is 8.70. The molecule has 3 N–H and O–H groups in total. The largest absolute Gasteiger partial charge is 0.357 e. The van der Waals surface area contributed by atoms with Gasteiger partial charge in [-0.3, -0.25) is 15.6 Å². The molecule has 4 nitrogen and oxygen atoms in total. The summed E-state index contributed by atoms with van der Waals surface area (Å²) in [4.78, 5) is 13.6. The molecule has 2 aromatic carbocycles. The maximum absolute atomic E-state index is 13.0. The van der Waals surface area contributed by atoms with Gasteiger partial charge in [-0.2, -0.15) is 0 Å². The first-order chi connectivity index (χ1) is 13.0. The molecule has 1 aromatic heterocycles. The minimum Gasteiger partial charge on any atom is -0.357 e. The standard InChI is InChI=1S/C19H15F2N3OS2/c20-14-5-1-12(2-6-14)11-22-19(26)24-23-18(25)17-10-9-16(27-17)13-3-7-15(21)8-4-13/h1-10H,11H2,(H,23,25)(H2,22,24,26). The first-order valence-electron chi connectivity index (χ1n) is 7.95. The Kier molecular flexibility index (Phi) is 6.10. The molecule has 27 heavy (non-hydrogen) atoms. The molecule has 0 unspecified atom stereocenters. The van der Waals surface area contributed by atoms with Gasteiger partial charge in [-0.05, 0) is 59.7 Å². The summed E-state index contributed by atoms with van der Waals surface area (Å²) in [6.07, 6.45) is 0. The van der Waals surface area contributed by atoms with Crippen LogP contribution in [0.4, 0.5) is 8.78 Å². The second-order valence-electron chi connectivity index (χ2n) is 5.56. The van der Waals surface area contributed by atoms with E-state index in [1.807, 2.05) is 0 Å². The second-order valence-corrected chi connectivity index (χ2v) is 7.05. The molecule has 0 spiro atoms. The lowest BCUT2D eigenvalue weighted by Gasteiger charge is -2.11. The monoisotopic (exact) mass is 403 g/mol. The van der Waals surface area contributed by atoms with Crippen LogP contribution in [0, 0.1) is 11.6 Å². The fourth-order valence-electron chi connectivity index (χ4n) is 2.23. The van der Waals surface area contributed by atoms with Gasteiger partial charge in [-0.1, -0.05) is 24.3 Å². The third-order valence-electron chi connectivity index (χ3n) is 3.61. The Labute approximate surface area is 164 Å². The predicted molar refractivity (Wildman–Crippen MR) is 106 cm³/mol. The van der Waals surface area contributed by atoms with Crippen LogP contribution in [0.1, 0.15) is 15.2 Å². The van der Waals surface area contributed by atoms with Gasteiger partial charge in [0.25, 0.3) is 5.91 Å². The summed E-state index contributed by atoms with van der Waals surface area (Å²) < 4.78 is 25.9. The maximum Gasteiger partial charge on any atom is 0.279 e. The summed E-state index contributed by atoms with van der Waals surface area (Å²) in [5, 5.41) is 3.15. The van der Waals surface area contributed by atoms with Crippen molar-refractivity contribution in [3.8, 4) is 10.4 Å². The Morgan fingerprint density at radius 1 is 0.889 bits per heavy atom. The topological polar surface area (TPSA) is 53.2 Å². The molecule has 1 heterocycles. The predicted octanol–water partition coefficient (Wildman–Crippen LogP) is 4.00. The SMILES string of the molecule is O=C(NNC(=S)NCc1ccc(F)cc1)c1ccc(-c2ccc(F)cc2)s1. The lowest BCUT2D eigenvalue weighted by molar-refractivity contribution is 0.0948. The molecule has 0 saturated carbocycles. The van der Waals surface area contributed by atoms with Gasteiger partial charge in [0.15, 0.2) is 5.11 Å². The smallest absolute Gasteiger partial charge is 0.279 e. The number of benzene rings is 2. The molecule has 0 aliphatic rings. The summed E-state index contributed by atoms with van der Waals surface area (Å²) in [5.74, 6) is -0.943. The highest BCUT2D eigenvalue weighted by molar-refractivity contribution is 7.80. The number of nitrogens with one attached hydrogen (secondary N) is 3. The summed E-state index contributed by atoms with van der Waals surface area (Å²) in [5.41, 5.74) is 6.83. The van der Waals surface area contributed by atoms with Crippen molar-refractivity contribution in [1.82, 2.24) is 16.2 Å². The molecule has 1 amide bonds. The zero-order valence-electron chi connectivity index (χ0n) is 14.0. The van der Waals surface area contributed by atoms with Crippen LogP contribution in [0.3, 0.4) is 0 Å². The van der Waals surface area contributed by atoms with E-state index in [1.54, 1.807) is 36.4 Å². The van der Waals surface area contributed by atoms with E-state index in [9.17, 15) is 13.6 Å². The van der Waals surface area contributed by atoms with Crippen LogP contribution in [0.25, 0.3) is 10.4 Å². The lowest BCUT2D eigenvalue weighted by atomic mass is 10.2. The number of thiophene rings is 1. The Hall–Kier alpha value is -2.84. The van der Waals surface area contributed by atoms with E-state index in [-0.39, 0.29) is 22.7 Å². The third-order valence-corrected chi connectivity index (χ3v) is 4.99. The van der Waals surface area contributed by atoms with Gasteiger partial charge >= 0.3 is 0 Å². The molecule has 138 valence electrons. The van der Waals surface area contributed by atoms with Crippen molar-refractivity contribution in [2.24, 2.45) is 0 Å². The van der Waals surface area contributed by atoms with Gasteiger partial charge in [0, 0.05) is 11.4 Å². The molecule has 0 bridgehead atoms. The molecule has 0 fully saturated rings. The van der Waals surface area contributed by atoms with Crippen molar-refractivity contribution in [3.63, 3.8) is 0 Å². The molecule has 0 saturated heterocycles. The van der Waals surface area contributed by atoms with Gasteiger partial charge in [0.2, 0.25) is 0 Å². The van der Waals surface area contributed by atoms with Crippen LogP contribution in [0.5, 0.6) is 0 Å². The molecule has 0 atom stereocenters. The number of hydrogen-bond acceptors (Lipinski definition) is 3. The van der Waals surface area contributed by atoms with E-state index < -0.39 is 0 Å². The van der Waals surface area contributed by atoms with E-state index in [4.69, 9.17) is 12.2 Å². The van der Waals surface area contributed by atoms with Crippen LogP contribution in [-0.4, -0.2) is 11.0 Å². The fraction of sp³-hybridized carbons (Fsp3) is 0.0526. The van der Waals surface area contributed by atoms with Crippen molar-refractivity contribution in [2.45, 2.75) is 6.54 Å². The molecule has 3 rings (SSSR count). The summed E-state index contributed by atoms with van der Waals surface area (Å²) in [6, 6.07) is 15.6. The number of hydrogen-bond donors (Lipinski definition) is 3. The quantitative estimate of drug-likeness (QED) is 0.455. The number of halogens is 2. The highest BCUT2D eigenvalue weighted by atomic mass is 32.1.